The van der Waals surface area contributed by atoms with Gasteiger partial charge in [0.25, 0.3) is 0 Å². The van der Waals surface area contributed by atoms with E-state index in [0.717, 1.165) is 24.2 Å². The highest BCUT2D eigenvalue weighted by atomic mass is 16.5. The van der Waals surface area contributed by atoms with E-state index in [9.17, 15) is 0 Å². The van der Waals surface area contributed by atoms with Crippen LogP contribution in [-0.2, 0) is 0 Å². The van der Waals surface area contributed by atoms with E-state index in [4.69, 9.17) is 10.5 Å². The van der Waals surface area contributed by atoms with Gasteiger partial charge in [-0.3, -0.25) is 0 Å². The van der Waals surface area contributed by atoms with Crippen molar-refractivity contribution < 1.29 is 4.74 Å². The molecule has 2 heteroatoms. The first-order valence-corrected chi connectivity index (χ1v) is 6.54. The lowest BCUT2D eigenvalue weighted by Gasteiger charge is -2.39. The summed E-state index contributed by atoms with van der Waals surface area (Å²) in [5.41, 5.74) is 7.30. The monoisotopic (exact) mass is 233 g/mol. The Bertz CT molecular complexity index is 388. The minimum absolute atomic E-state index is 0.0992. The maximum absolute atomic E-state index is 6.25. The average molecular weight is 233 g/mol. The van der Waals surface area contributed by atoms with E-state index in [0.29, 0.717) is 5.92 Å². The predicted molar refractivity (Wildman–Crippen MR) is 71.1 cm³/mol. The number of benzene rings is 1. The molecule has 1 unspecified atom stereocenters. The number of hydrogen-bond acceptors (Lipinski definition) is 2. The average Bonchev–Trinajstić information content (AvgIpc) is 2.26. The second-order valence-corrected chi connectivity index (χ2v) is 5.83. The van der Waals surface area contributed by atoms with E-state index in [2.05, 4.69) is 26.8 Å². The molecule has 0 saturated heterocycles. The fraction of sp³-hybridized carbons (Fsp3) is 0.600. The number of hydrogen-bond donors (Lipinski definition) is 1. The first kappa shape index (κ1) is 12.4. The van der Waals surface area contributed by atoms with Gasteiger partial charge in [0.05, 0.1) is 0 Å². The third-order valence-corrected chi connectivity index (χ3v) is 3.58. The van der Waals surface area contributed by atoms with Gasteiger partial charge in [0.2, 0.25) is 0 Å². The molecule has 1 aromatic carbocycles. The van der Waals surface area contributed by atoms with E-state index in [1.165, 1.54) is 6.42 Å². The zero-order valence-corrected chi connectivity index (χ0v) is 11.1. The molecule has 0 saturated carbocycles. The molecule has 0 aromatic heterocycles. The molecule has 1 aliphatic rings. The number of ether oxygens (including phenoxy) is 1. The molecule has 1 heterocycles. The second-order valence-electron chi connectivity index (χ2n) is 5.83. The van der Waals surface area contributed by atoms with Gasteiger partial charge in [0, 0.05) is 18.0 Å². The molecular weight excluding hydrogens is 210 g/mol. The predicted octanol–water partition coefficient (Wildman–Crippen LogP) is 3.66. The molecule has 0 amide bonds. The van der Waals surface area contributed by atoms with Crippen molar-refractivity contribution in [2.24, 2.45) is 11.7 Å². The zero-order valence-electron chi connectivity index (χ0n) is 11.1. The summed E-state index contributed by atoms with van der Waals surface area (Å²) < 4.78 is 6.16. The highest BCUT2D eigenvalue weighted by molar-refractivity contribution is 5.38. The van der Waals surface area contributed by atoms with E-state index in [1.54, 1.807) is 0 Å². The van der Waals surface area contributed by atoms with Gasteiger partial charge in [0.1, 0.15) is 11.4 Å². The molecule has 0 radical (unpaired) electrons. The smallest absolute Gasteiger partial charge is 0.124 e. The lowest BCUT2D eigenvalue weighted by Crippen LogP contribution is -2.40. The lowest BCUT2D eigenvalue weighted by atomic mass is 9.84. The molecule has 2 N–H and O–H groups in total. The Balaban J connectivity index is 2.15. The molecule has 94 valence electrons. The van der Waals surface area contributed by atoms with Crippen LogP contribution in [0.5, 0.6) is 5.75 Å². The second kappa shape index (κ2) is 4.69. The van der Waals surface area contributed by atoms with Gasteiger partial charge in [-0.15, -0.1) is 0 Å². The summed E-state index contributed by atoms with van der Waals surface area (Å²) in [5, 5.41) is 0. The fourth-order valence-electron chi connectivity index (χ4n) is 2.51. The standard InChI is InChI=1S/C15H23NO/c1-11(2)8-9-15(3)10-13(16)12-6-4-5-7-14(12)17-15/h4-7,11,13H,8-10,16H2,1-3H3/t13-,15?/m0/s1. The Morgan fingerprint density at radius 2 is 2.12 bits per heavy atom. The van der Waals surface area contributed by atoms with Crippen molar-refractivity contribution in [3.8, 4) is 5.75 Å². The first-order chi connectivity index (χ1) is 8.00. The zero-order chi connectivity index (χ0) is 12.5. The Kier molecular flexibility index (Phi) is 3.43. The number of para-hydroxylation sites is 1. The Hall–Kier alpha value is -1.02. The van der Waals surface area contributed by atoms with Crippen molar-refractivity contribution >= 4 is 0 Å². The van der Waals surface area contributed by atoms with Crippen LogP contribution in [0.25, 0.3) is 0 Å². The fourth-order valence-corrected chi connectivity index (χ4v) is 2.51. The minimum Gasteiger partial charge on any atom is -0.487 e. The van der Waals surface area contributed by atoms with E-state index in [1.807, 2.05) is 18.2 Å². The molecule has 0 bridgehead atoms. The van der Waals surface area contributed by atoms with Crippen LogP contribution in [-0.4, -0.2) is 5.60 Å². The maximum Gasteiger partial charge on any atom is 0.124 e. The summed E-state index contributed by atoms with van der Waals surface area (Å²) in [6.45, 7) is 6.69. The van der Waals surface area contributed by atoms with Crippen LogP contribution in [0, 0.1) is 5.92 Å². The van der Waals surface area contributed by atoms with E-state index >= 15 is 0 Å². The summed E-state index contributed by atoms with van der Waals surface area (Å²) >= 11 is 0. The Labute approximate surface area is 104 Å². The Morgan fingerprint density at radius 1 is 1.41 bits per heavy atom. The minimum atomic E-state index is -0.0992. The third kappa shape index (κ3) is 2.81. The largest absolute Gasteiger partial charge is 0.487 e. The van der Waals surface area contributed by atoms with Crippen LogP contribution in [0.3, 0.4) is 0 Å². The molecule has 2 atom stereocenters. The number of rotatable bonds is 3. The van der Waals surface area contributed by atoms with E-state index in [-0.39, 0.29) is 11.6 Å². The number of nitrogens with two attached hydrogens (primary N) is 1. The van der Waals surface area contributed by atoms with Gasteiger partial charge in [0.15, 0.2) is 0 Å². The van der Waals surface area contributed by atoms with Gasteiger partial charge >= 0.3 is 0 Å². The van der Waals surface area contributed by atoms with Crippen LogP contribution < -0.4 is 10.5 Å². The summed E-state index contributed by atoms with van der Waals surface area (Å²) in [6.07, 6.45) is 3.18. The summed E-state index contributed by atoms with van der Waals surface area (Å²) in [4.78, 5) is 0. The summed E-state index contributed by atoms with van der Waals surface area (Å²) in [5.74, 6) is 1.68. The van der Waals surface area contributed by atoms with Gasteiger partial charge in [-0.2, -0.15) is 0 Å². The Morgan fingerprint density at radius 3 is 2.82 bits per heavy atom. The summed E-state index contributed by atoms with van der Waals surface area (Å²) in [7, 11) is 0. The third-order valence-electron chi connectivity index (χ3n) is 3.58. The molecule has 0 fully saturated rings. The first-order valence-electron chi connectivity index (χ1n) is 6.54. The highest BCUT2D eigenvalue weighted by Crippen LogP contribution is 2.40. The molecule has 2 rings (SSSR count). The van der Waals surface area contributed by atoms with Crippen LogP contribution >= 0.6 is 0 Å². The molecular formula is C15H23NO. The topological polar surface area (TPSA) is 35.2 Å². The molecule has 2 nitrogen and oxygen atoms in total. The SMILES string of the molecule is CC(C)CCC1(C)C[C@H](N)c2ccccc2O1. The van der Waals surface area contributed by atoms with Gasteiger partial charge in [-0.25, -0.2) is 0 Å². The molecule has 17 heavy (non-hydrogen) atoms. The van der Waals surface area contributed by atoms with Gasteiger partial charge < -0.3 is 10.5 Å². The molecule has 0 aliphatic carbocycles. The molecule has 0 spiro atoms. The van der Waals surface area contributed by atoms with Crippen LogP contribution in [0.4, 0.5) is 0 Å². The molecule has 1 aliphatic heterocycles. The van der Waals surface area contributed by atoms with Crippen molar-refractivity contribution in [3.63, 3.8) is 0 Å². The van der Waals surface area contributed by atoms with E-state index < -0.39 is 0 Å². The molecule has 1 aromatic rings. The quantitative estimate of drug-likeness (QED) is 0.864. The van der Waals surface area contributed by atoms with Crippen molar-refractivity contribution in [2.45, 2.75) is 51.7 Å². The van der Waals surface area contributed by atoms with Crippen molar-refractivity contribution in [1.29, 1.82) is 0 Å². The van der Waals surface area contributed by atoms with Crippen LogP contribution in [0.15, 0.2) is 24.3 Å². The van der Waals surface area contributed by atoms with Crippen molar-refractivity contribution in [2.75, 3.05) is 0 Å². The van der Waals surface area contributed by atoms with Gasteiger partial charge in [-0.1, -0.05) is 32.0 Å². The lowest BCUT2D eigenvalue weighted by molar-refractivity contribution is 0.0405. The van der Waals surface area contributed by atoms with Crippen molar-refractivity contribution in [1.82, 2.24) is 0 Å². The maximum atomic E-state index is 6.25. The van der Waals surface area contributed by atoms with Crippen molar-refractivity contribution in [3.05, 3.63) is 29.8 Å². The van der Waals surface area contributed by atoms with Crippen LogP contribution in [0.2, 0.25) is 0 Å². The normalized spacial score (nSPS) is 27.7. The van der Waals surface area contributed by atoms with Crippen LogP contribution in [0.1, 0.15) is 51.6 Å². The summed E-state index contributed by atoms with van der Waals surface area (Å²) in [6, 6.07) is 8.25. The van der Waals surface area contributed by atoms with Gasteiger partial charge in [-0.05, 0) is 31.7 Å². The highest BCUT2D eigenvalue weighted by Gasteiger charge is 2.35. The number of fused-ring (bicyclic) bond motifs is 1.